The van der Waals surface area contributed by atoms with Gasteiger partial charge in [-0.3, -0.25) is 0 Å². The Morgan fingerprint density at radius 1 is 1.40 bits per heavy atom. The first-order chi connectivity index (χ1) is 4.57. The summed E-state index contributed by atoms with van der Waals surface area (Å²) >= 11 is 0. The lowest BCUT2D eigenvalue weighted by atomic mass is 10.1. The van der Waals surface area contributed by atoms with Crippen LogP contribution >= 0.6 is 0 Å². The highest BCUT2D eigenvalue weighted by Crippen LogP contribution is 2.01. The van der Waals surface area contributed by atoms with E-state index in [0.717, 1.165) is 0 Å². The molecule has 0 aliphatic heterocycles. The van der Waals surface area contributed by atoms with Crippen LogP contribution < -0.4 is 0 Å². The third-order valence-electron chi connectivity index (χ3n) is 1.55. The first kappa shape index (κ1) is 9.88. The summed E-state index contributed by atoms with van der Waals surface area (Å²) in [5.74, 6) is 0. The molecule has 2 unspecified atom stereocenters. The van der Waals surface area contributed by atoms with Gasteiger partial charge in [0.1, 0.15) is 0 Å². The molecule has 0 aliphatic rings. The van der Waals surface area contributed by atoms with Crippen LogP contribution in [-0.2, 0) is 0 Å². The van der Waals surface area contributed by atoms with Gasteiger partial charge in [0, 0.05) is 6.04 Å². The molecule has 0 fully saturated rings. The number of aliphatic hydroxyl groups excluding tert-OH is 2. The van der Waals surface area contributed by atoms with Crippen LogP contribution in [0.5, 0.6) is 0 Å². The van der Waals surface area contributed by atoms with Gasteiger partial charge < -0.3 is 15.1 Å². The zero-order valence-electron chi connectivity index (χ0n) is 6.91. The van der Waals surface area contributed by atoms with E-state index >= 15 is 0 Å². The molecule has 3 heteroatoms. The molecule has 0 aromatic carbocycles. The molecular weight excluding hydrogens is 130 g/mol. The van der Waals surface area contributed by atoms with Crippen LogP contribution in [0.2, 0.25) is 0 Å². The van der Waals surface area contributed by atoms with Crippen molar-refractivity contribution in [2.24, 2.45) is 0 Å². The van der Waals surface area contributed by atoms with Gasteiger partial charge in [-0.05, 0) is 27.4 Å². The fraction of sp³-hybridized carbons (Fsp3) is 1.00. The maximum Gasteiger partial charge on any atom is 0.0587 e. The van der Waals surface area contributed by atoms with E-state index in [1.807, 2.05) is 19.0 Å². The van der Waals surface area contributed by atoms with E-state index in [1.54, 1.807) is 6.92 Å². The fourth-order valence-corrected chi connectivity index (χ4v) is 0.842. The third-order valence-corrected chi connectivity index (χ3v) is 1.55. The molecule has 0 spiro atoms. The Bertz CT molecular complexity index is 83.7. The van der Waals surface area contributed by atoms with Crippen molar-refractivity contribution in [3.63, 3.8) is 0 Å². The summed E-state index contributed by atoms with van der Waals surface area (Å²) in [4.78, 5) is 1.91. The van der Waals surface area contributed by atoms with Gasteiger partial charge in [-0.2, -0.15) is 0 Å². The van der Waals surface area contributed by atoms with E-state index in [0.29, 0.717) is 6.42 Å². The summed E-state index contributed by atoms with van der Waals surface area (Å²) in [6.07, 6.45) is 0.295. The largest absolute Gasteiger partial charge is 0.395 e. The van der Waals surface area contributed by atoms with Gasteiger partial charge in [0.2, 0.25) is 0 Å². The lowest BCUT2D eigenvalue weighted by Crippen LogP contribution is -2.34. The van der Waals surface area contributed by atoms with Crippen LogP contribution in [0.25, 0.3) is 0 Å². The summed E-state index contributed by atoms with van der Waals surface area (Å²) in [6.45, 7) is 1.84. The van der Waals surface area contributed by atoms with Crippen molar-refractivity contribution < 1.29 is 10.2 Å². The summed E-state index contributed by atoms with van der Waals surface area (Å²) in [6, 6.07) is 0.0833. The van der Waals surface area contributed by atoms with E-state index in [9.17, 15) is 0 Å². The minimum Gasteiger partial charge on any atom is -0.395 e. The third kappa shape index (κ3) is 3.82. The lowest BCUT2D eigenvalue weighted by molar-refractivity contribution is 0.101. The van der Waals surface area contributed by atoms with Crippen molar-refractivity contribution in [1.82, 2.24) is 4.90 Å². The minimum atomic E-state index is -0.334. The van der Waals surface area contributed by atoms with Crippen molar-refractivity contribution in [1.29, 1.82) is 0 Å². The number of hydrogen-bond acceptors (Lipinski definition) is 3. The Hall–Kier alpha value is -0.120. The van der Waals surface area contributed by atoms with Crippen LogP contribution in [0.3, 0.4) is 0 Å². The maximum absolute atomic E-state index is 8.96. The standard InChI is InChI=1S/C7H17NO2/c1-6(10)4-7(5-9)8(2)3/h6-7,9-10H,4-5H2,1-3H3. The molecule has 0 saturated carbocycles. The molecule has 0 rings (SSSR count). The van der Waals surface area contributed by atoms with Crippen LogP contribution in [0.1, 0.15) is 13.3 Å². The molecule has 0 heterocycles. The average Bonchev–Trinajstić information content (AvgIpc) is 1.81. The zero-order valence-corrected chi connectivity index (χ0v) is 6.91. The SMILES string of the molecule is CC(O)CC(CO)N(C)C. The molecule has 0 amide bonds. The molecule has 2 atom stereocenters. The predicted octanol–water partition coefficient (Wildman–Crippen LogP) is -0.320. The van der Waals surface area contributed by atoms with Gasteiger partial charge in [-0.15, -0.1) is 0 Å². The minimum absolute atomic E-state index is 0.0833. The fourth-order valence-electron chi connectivity index (χ4n) is 0.842. The molecular formula is C7H17NO2. The van der Waals surface area contributed by atoms with Crippen molar-refractivity contribution >= 4 is 0 Å². The Morgan fingerprint density at radius 2 is 1.90 bits per heavy atom. The van der Waals surface area contributed by atoms with E-state index in [-0.39, 0.29) is 18.8 Å². The summed E-state index contributed by atoms with van der Waals surface area (Å²) in [5, 5.41) is 17.8. The number of hydrogen-bond donors (Lipinski definition) is 2. The van der Waals surface area contributed by atoms with Crippen LogP contribution in [-0.4, -0.2) is 48.0 Å². The Balaban J connectivity index is 3.60. The van der Waals surface area contributed by atoms with Gasteiger partial charge in [0.05, 0.1) is 12.7 Å². The monoisotopic (exact) mass is 147 g/mol. The molecule has 0 aromatic rings. The summed E-state index contributed by atoms with van der Waals surface area (Å²) in [7, 11) is 3.78. The molecule has 0 aliphatic carbocycles. The highest BCUT2D eigenvalue weighted by Gasteiger charge is 2.11. The van der Waals surface area contributed by atoms with Crippen molar-refractivity contribution in [3.05, 3.63) is 0 Å². The van der Waals surface area contributed by atoms with E-state index in [2.05, 4.69) is 0 Å². The topological polar surface area (TPSA) is 43.7 Å². The summed E-state index contributed by atoms with van der Waals surface area (Å²) in [5.41, 5.74) is 0. The van der Waals surface area contributed by atoms with Gasteiger partial charge in [-0.25, -0.2) is 0 Å². The van der Waals surface area contributed by atoms with Gasteiger partial charge >= 0.3 is 0 Å². The van der Waals surface area contributed by atoms with Crippen molar-refractivity contribution in [3.8, 4) is 0 Å². The van der Waals surface area contributed by atoms with E-state index in [1.165, 1.54) is 0 Å². The van der Waals surface area contributed by atoms with Crippen molar-refractivity contribution in [2.45, 2.75) is 25.5 Å². The van der Waals surface area contributed by atoms with Crippen LogP contribution in [0, 0.1) is 0 Å². The molecule has 2 N–H and O–H groups in total. The second kappa shape index (κ2) is 4.66. The highest BCUT2D eigenvalue weighted by molar-refractivity contribution is 4.66. The first-order valence-corrected chi connectivity index (χ1v) is 3.53. The lowest BCUT2D eigenvalue weighted by Gasteiger charge is -2.22. The Kier molecular flexibility index (Phi) is 4.60. The second-order valence-electron chi connectivity index (χ2n) is 2.88. The van der Waals surface area contributed by atoms with Crippen molar-refractivity contribution in [2.75, 3.05) is 20.7 Å². The second-order valence-corrected chi connectivity index (χ2v) is 2.88. The molecule has 0 aromatic heterocycles. The number of rotatable bonds is 4. The first-order valence-electron chi connectivity index (χ1n) is 3.53. The predicted molar refractivity (Wildman–Crippen MR) is 40.9 cm³/mol. The average molecular weight is 147 g/mol. The number of aliphatic hydroxyl groups is 2. The molecule has 10 heavy (non-hydrogen) atoms. The molecule has 0 radical (unpaired) electrons. The maximum atomic E-state index is 8.96. The molecule has 0 bridgehead atoms. The normalized spacial score (nSPS) is 17.4. The number of nitrogens with zero attached hydrogens (tertiary/aromatic N) is 1. The van der Waals surface area contributed by atoms with Crippen LogP contribution in [0.4, 0.5) is 0 Å². The smallest absolute Gasteiger partial charge is 0.0587 e. The summed E-state index contributed by atoms with van der Waals surface area (Å²) < 4.78 is 0. The number of likely N-dealkylation sites (N-methyl/N-ethyl adjacent to an activating group) is 1. The Morgan fingerprint density at radius 3 is 2.00 bits per heavy atom. The van der Waals surface area contributed by atoms with Gasteiger partial charge in [0.25, 0.3) is 0 Å². The quantitative estimate of drug-likeness (QED) is 0.573. The van der Waals surface area contributed by atoms with Gasteiger partial charge in [0.15, 0.2) is 0 Å². The molecule has 62 valence electrons. The zero-order chi connectivity index (χ0) is 8.15. The van der Waals surface area contributed by atoms with Gasteiger partial charge in [-0.1, -0.05) is 0 Å². The van der Waals surface area contributed by atoms with E-state index < -0.39 is 0 Å². The molecule has 3 nitrogen and oxygen atoms in total. The van der Waals surface area contributed by atoms with Crippen LogP contribution in [0.15, 0.2) is 0 Å². The highest BCUT2D eigenvalue weighted by atomic mass is 16.3. The molecule has 0 saturated heterocycles. The van der Waals surface area contributed by atoms with E-state index in [4.69, 9.17) is 10.2 Å². The Labute approximate surface area is 62.3 Å².